The smallest absolute Gasteiger partial charge is 0.343 e. The molecule has 0 bridgehead atoms. The van der Waals surface area contributed by atoms with Gasteiger partial charge in [0.05, 0.1) is 11.3 Å². The molecular weight excluding hydrogens is 250 g/mol. The van der Waals surface area contributed by atoms with E-state index in [0.29, 0.717) is 0 Å². The summed E-state index contributed by atoms with van der Waals surface area (Å²) in [7, 11) is 0. The van der Waals surface area contributed by atoms with Crippen molar-refractivity contribution in [3.63, 3.8) is 0 Å². The summed E-state index contributed by atoms with van der Waals surface area (Å²) in [6, 6.07) is 1.41. The van der Waals surface area contributed by atoms with E-state index in [1.54, 1.807) is 6.92 Å². The first-order valence-corrected chi connectivity index (χ1v) is 5.90. The number of ether oxygens (including phenoxy) is 1. The van der Waals surface area contributed by atoms with Crippen molar-refractivity contribution in [1.82, 2.24) is 4.57 Å². The highest BCUT2D eigenvalue weighted by atomic mass is 16.6. The highest BCUT2D eigenvalue weighted by Crippen LogP contribution is 2.33. The number of esters is 1. The molecule has 0 saturated heterocycles. The number of hydrogen-bond acceptors (Lipinski definition) is 5. The van der Waals surface area contributed by atoms with Crippen LogP contribution in [0.25, 0.3) is 6.20 Å². The Balaban J connectivity index is 2.35. The van der Waals surface area contributed by atoms with E-state index in [4.69, 9.17) is 4.74 Å². The van der Waals surface area contributed by atoms with Crippen LogP contribution >= 0.6 is 0 Å². The van der Waals surface area contributed by atoms with Crippen LogP contribution in [-0.2, 0) is 21.7 Å². The van der Waals surface area contributed by atoms with Crippen molar-refractivity contribution in [3.05, 3.63) is 39.3 Å². The Hall–Kier alpha value is -2.21. The van der Waals surface area contributed by atoms with E-state index in [1.165, 1.54) is 22.9 Å². The fraction of sp³-hybridized carbons (Fsp3) is 0.308. The largest absolute Gasteiger partial charge is 0.458 e. The fourth-order valence-corrected chi connectivity index (χ4v) is 2.44. The van der Waals surface area contributed by atoms with Gasteiger partial charge in [0.2, 0.25) is 5.78 Å². The summed E-state index contributed by atoms with van der Waals surface area (Å²) in [4.78, 5) is 35.6. The number of aromatic nitrogens is 1. The molecule has 1 aromatic heterocycles. The van der Waals surface area contributed by atoms with Crippen molar-refractivity contribution in [2.75, 3.05) is 0 Å². The van der Waals surface area contributed by atoms with Crippen LogP contribution in [0, 0.1) is 0 Å². The lowest BCUT2D eigenvalue weighted by molar-refractivity contribution is -0.172. The van der Waals surface area contributed by atoms with Gasteiger partial charge in [-0.1, -0.05) is 6.92 Å². The van der Waals surface area contributed by atoms with Gasteiger partial charge in [0, 0.05) is 17.8 Å². The third kappa shape index (κ3) is 1.37. The highest BCUT2D eigenvalue weighted by Gasteiger charge is 2.45. The zero-order valence-corrected chi connectivity index (χ0v) is 10.2. The normalized spacial score (nSPS) is 24.1. The summed E-state index contributed by atoms with van der Waals surface area (Å²) in [5.41, 5.74) is -1.74. The molecule has 1 atom stereocenters. The summed E-state index contributed by atoms with van der Waals surface area (Å²) in [6.45, 7) is 1.43. The Labute approximate surface area is 107 Å². The molecule has 1 N–H and O–H groups in total. The lowest BCUT2D eigenvalue weighted by Gasteiger charge is -2.31. The predicted molar refractivity (Wildman–Crippen MR) is 64.3 cm³/mol. The Kier molecular flexibility index (Phi) is 2.27. The fourth-order valence-electron chi connectivity index (χ4n) is 2.44. The van der Waals surface area contributed by atoms with Crippen LogP contribution in [0.1, 0.15) is 35.0 Å². The molecule has 0 aliphatic carbocycles. The third-order valence-corrected chi connectivity index (χ3v) is 3.61. The molecule has 0 saturated carbocycles. The second-order valence-electron chi connectivity index (χ2n) is 4.57. The molecule has 0 amide bonds. The van der Waals surface area contributed by atoms with Crippen molar-refractivity contribution in [2.45, 2.75) is 25.6 Å². The van der Waals surface area contributed by atoms with Gasteiger partial charge in [0.1, 0.15) is 6.61 Å². The van der Waals surface area contributed by atoms with E-state index in [-0.39, 0.29) is 35.6 Å². The molecule has 1 aromatic rings. The number of allylic oxidation sites excluding steroid dienone is 1. The summed E-state index contributed by atoms with van der Waals surface area (Å²) in [6.07, 6.45) is 2.72. The molecule has 3 heterocycles. The molecule has 2 aliphatic heterocycles. The summed E-state index contributed by atoms with van der Waals surface area (Å²) in [5, 5.41) is 10.4. The van der Waals surface area contributed by atoms with Gasteiger partial charge in [-0.05, 0) is 12.5 Å². The standard InChI is InChI=1S/C13H11NO5/c1-2-13(18)8-5-9-10(15)3-4-14(9)11(16)7(8)6-19-12(13)17/h3-5,18H,2,6H2,1H3/t13-/m0/s1. The average molecular weight is 261 g/mol. The number of hydrogen-bond donors (Lipinski definition) is 1. The third-order valence-electron chi connectivity index (χ3n) is 3.61. The molecule has 6 heteroatoms. The number of fused-ring (bicyclic) bond motifs is 2. The highest BCUT2D eigenvalue weighted by molar-refractivity contribution is 6.08. The number of cyclic esters (lactones) is 1. The minimum Gasteiger partial charge on any atom is -0.458 e. The van der Waals surface area contributed by atoms with Crippen LogP contribution in [0.4, 0.5) is 0 Å². The predicted octanol–water partition coefficient (Wildman–Crippen LogP) is 0.170. The number of carbonyl (C=O) groups excluding carboxylic acids is 2. The van der Waals surface area contributed by atoms with E-state index >= 15 is 0 Å². The SMILES string of the molecule is CC[C@@]1(O)C(=O)OCc2c1cc1n(c2=O)C=CC1=O. The molecule has 0 unspecified atom stereocenters. The molecule has 0 spiro atoms. The molecular formula is C13H11NO5. The van der Waals surface area contributed by atoms with Crippen LogP contribution in [0.2, 0.25) is 0 Å². The van der Waals surface area contributed by atoms with Gasteiger partial charge in [0.15, 0.2) is 5.60 Å². The maximum absolute atomic E-state index is 12.2. The van der Waals surface area contributed by atoms with Gasteiger partial charge >= 0.3 is 5.97 Å². The number of aliphatic hydroxyl groups is 1. The number of rotatable bonds is 1. The van der Waals surface area contributed by atoms with Gasteiger partial charge < -0.3 is 9.84 Å². The van der Waals surface area contributed by atoms with Crippen LogP contribution in [0.15, 0.2) is 16.9 Å². The second kappa shape index (κ2) is 3.64. The van der Waals surface area contributed by atoms with E-state index < -0.39 is 17.1 Å². The molecule has 0 aromatic carbocycles. The average Bonchev–Trinajstić information content (AvgIpc) is 2.77. The van der Waals surface area contributed by atoms with Crippen LogP contribution in [0.3, 0.4) is 0 Å². The lowest BCUT2D eigenvalue weighted by Crippen LogP contribution is -2.44. The maximum Gasteiger partial charge on any atom is 0.343 e. The Morgan fingerprint density at radius 3 is 2.84 bits per heavy atom. The van der Waals surface area contributed by atoms with Crippen LogP contribution in [-0.4, -0.2) is 21.4 Å². The molecule has 2 aliphatic rings. The Bertz CT molecular complexity index is 700. The van der Waals surface area contributed by atoms with Gasteiger partial charge in [0.25, 0.3) is 5.56 Å². The first-order chi connectivity index (χ1) is 8.99. The van der Waals surface area contributed by atoms with E-state index in [0.717, 1.165) is 0 Å². The van der Waals surface area contributed by atoms with E-state index in [1.807, 2.05) is 0 Å². The second-order valence-corrected chi connectivity index (χ2v) is 4.57. The molecule has 0 radical (unpaired) electrons. The van der Waals surface area contributed by atoms with Crippen LogP contribution < -0.4 is 5.56 Å². The zero-order chi connectivity index (χ0) is 13.8. The quantitative estimate of drug-likeness (QED) is 0.728. The minimum atomic E-state index is -1.86. The summed E-state index contributed by atoms with van der Waals surface area (Å²) >= 11 is 0. The first-order valence-electron chi connectivity index (χ1n) is 5.90. The van der Waals surface area contributed by atoms with Gasteiger partial charge in [-0.2, -0.15) is 0 Å². The van der Waals surface area contributed by atoms with Crippen molar-refractivity contribution in [3.8, 4) is 0 Å². The van der Waals surface area contributed by atoms with Crippen molar-refractivity contribution in [1.29, 1.82) is 0 Å². The van der Waals surface area contributed by atoms with E-state index in [9.17, 15) is 19.5 Å². The number of ketones is 1. The molecule has 6 nitrogen and oxygen atoms in total. The topological polar surface area (TPSA) is 85.6 Å². The van der Waals surface area contributed by atoms with Crippen molar-refractivity contribution >= 4 is 18.0 Å². The molecule has 19 heavy (non-hydrogen) atoms. The van der Waals surface area contributed by atoms with Gasteiger partial charge in [-0.25, -0.2) is 4.79 Å². The lowest BCUT2D eigenvalue weighted by atomic mass is 9.86. The molecule has 98 valence electrons. The number of pyridine rings is 1. The number of carbonyl (C=O) groups is 2. The summed E-state index contributed by atoms with van der Waals surface area (Å²) < 4.78 is 6.07. The molecule has 3 rings (SSSR count). The zero-order valence-electron chi connectivity index (χ0n) is 10.2. The van der Waals surface area contributed by atoms with Crippen LogP contribution in [0.5, 0.6) is 0 Å². The van der Waals surface area contributed by atoms with E-state index in [2.05, 4.69) is 0 Å². The summed E-state index contributed by atoms with van der Waals surface area (Å²) in [5.74, 6) is -1.11. The Morgan fingerprint density at radius 1 is 1.42 bits per heavy atom. The van der Waals surface area contributed by atoms with Crippen molar-refractivity contribution in [2.24, 2.45) is 0 Å². The monoisotopic (exact) mass is 261 g/mol. The Morgan fingerprint density at radius 2 is 2.16 bits per heavy atom. The maximum atomic E-state index is 12.2. The molecule has 0 fully saturated rings. The van der Waals surface area contributed by atoms with Gasteiger partial charge in [-0.3, -0.25) is 14.2 Å². The minimum absolute atomic E-state index is 0.0728. The van der Waals surface area contributed by atoms with Crippen molar-refractivity contribution < 1.29 is 19.4 Å². The first kappa shape index (κ1) is 11.9. The number of nitrogens with zero attached hydrogens (tertiary/aromatic N) is 1. The van der Waals surface area contributed by atoms with Gasteiger partial charge in [-0.15, -0.1) is 0 Å².